The molecule has 0 heterocycles. The third kappa shape index (κ3) is 5.06. The van der Waals surface area contributed by atoms with E-state index in [0.717, 1.165) is 5.56 Å². The number of aliphatic hydroxyl groups is 5. The van der Waals surface area contributed by atoms with Crippen LogP contribution >= 0.6 is 0 Å². The van der Waals surface area contributed by atoms with Crippen LogP contribution in [-0.4, -0.2) is 69.3 Å². The van der Waals surface area contributed by atoms with Crippen molar-refractivity contribution in [3.8, 4) is 0 Å². The van der Waals surface area contributed by atoms with E-state index >= 15 is 0 Å². The topological polar surface area (TPSA) is 114 Å². The summed E-state index contributed by atoms with van der Waals surface area (Å²) in [6.07, 6.45) is -4.48. The molecule has 0 bridgehead atoms. The molecule has 0 aliphatic carbocycles. The van der Waals surface area contributed by atoms with Gasteiger partial charge in [0, 0.05) is 6.21 Å². The molecule has 1 aromatic carbocycles. The fourth-order valence-corrected chi connectivity index (χ4v) is 1.48. The van der Waals surface area contributed by atoms with Gasteiger partial charge in [-0.15, -0.1) is 0 Å². The van der Waals surface area contributed by atoms with Crippen LogP contribution in [0.15, 0.2) is 35.3 Å². The smallest absolute Gasteiger partial charge is 0.111 e. The predicted molar refractivity (Wildman–Crippen MR) is 70.0 cm³/mol. The quantitative estimate of drug-likeness (QED) is 0.388. The highest BCUT2D eigenvalue weighted by Gasteiger charge is 2.29. The van der Waals surface area contributed by atoms with Crippen LogP contribution in [0.2, 0.25) is 0 Å². The van der Waals surface area contributed by atoms with E-state index in [-0.39, 0.29) is 6.54 Å². The van der Waals surface area contributed by atoms with Gasteiger partial charge in [0.2, 0.25) is 0 Å². The van der Waals surface area contributed by atoms with E-state index in [1.54, 1.807) is 0 Å². The van der Waals surface area contributed by atoms with Gasteiger partial charge in [-0.25, -0.2) is 0 Å². The minimum absolute atomic E-state index is 0.120. The predicted octanol–water partition coefficient (Wildman–Crippen LogP) is -1.46. The Labute approximate surface area is 111 Å². The third-order valence-corrected chi connectivity index (χ3v) is 2.66. The lowest BCUT2D eigenvalue weighted by molar-refractivity contribution is -0.112. The Balaban J connectivity index is 2.46. The summed E-state index contributed by atoms with van der Waals surface area (Å²) in [5.41, 5.74) is 0.847. The van der Waals surface area contributed by atoms with Gasteiger partial charge in [0.1, 0.15) is 24.4 Å². The van der Waals surface area contributed by atoms with Gasteiger partial charge in [-0.2, -0.15) is 0 Å². The fourth-order valence-electron chi connectivity index (χ4n) is 1.48. The SMILES string of the molecule is OCC(O)C(O)C(O)C(O)CN=Cc1ccccc1. The van der Waals surface area contributed by atoms with Gasteiger partial charge in [0.25, 0.3) is 0 Å². The van der Waals surface area contributed by atoms with Crippen molar-refractivity contribution in [2.45, 2.75) is 24.4 Å². The van der Waals surface area contributed by atoms with E-state index in [1.807, 2.05) is 30.3 Å². The van der Waals surface area contributed by atoms with Gasteiger partial charge in [-0.1, -0.05) is 30.3 Å². The Morgan fingerprint density at radius 2 is 1.53 bits per heavy atom. The Morgan fingerprint density at radius 1 is 0.947 bits per heavy atom. The Hall–Kier alpha value is -1.31. The Kier molecular flexibility index (Phi) is 6.61. The molecule has 0 radical (unpaired) electrons. The molecular weight excluding hydrogens is 250 g/mol. The molecule has 0 aliphatic rings. The van der Waals surface area contributed by atoms with Crippen molar-refractivity contribution < 1.29 is 25.5 Å². The van der Waals surface area contributed by atoms with Gasteiger partial charge in [0.05, 0.1) is 13.2 Å². The van der Waals surface area contributed by atoms with Crippen LogP contribution < -0.4 is 0 Å². The molecule has 0 spiro atoms. The van der Waals surface area contributed by atoms with Gasteiger partial charge in [0.15, 0.2) is 0 Å². The molecule has 0 saturated heterocycles. The first-order valence-corrected chi connectivity index (χ1v) is 5.94. The van der Waals surface area contributed by atoms with Crippen molar-refractivity contribution in [3.05, 3.63) is 35.9 Å². The molecule has 19 heavy (non-hydrogen) atoms. The maximum atomic E-state index is 9.59. The van der Waals surface area contributed by atoms with E-state index in [0.29, 0.717) is 0 Å². The van der Waals surface area contributed by atoms with Crippen molar-refractivity contribution >= 4 is 6.21 Å². The summed E-state index contributed by atoms with van der Waals surface area (Å²) < 4.78 is 0. The molecule has 1 aromatic rings. The molecule has 1 rings (SSSR count). The maximum Gasteiger partial charge on any atom is 0.111 e. The summed E-state index contributed by atoms with van der Waals surface area (Å²) in [5, 5.41) is 46.3. The number of aliphatic imine (C=N–C) groups is 1. The van der Waals surface area contributed by atoms with Crippen LogP contribution in [0.3, 0.4) is 0 Å². The van der Waals surface area contributed by atoms with Crippen molar-refractivity contribution in [1.82, 2.24) is 0 Å². The summed E-state index contributed by atoms with van der Waals surface area (Å²) in [5.74, 6) is 0. The Bertz CT molecular complexity index is 384. The lowest BCUT2D eigenvalue weighted by Crippen LogP contribution is -2.46. The van der Waals surface area contributed by atoms with Crippen LogP contribution in [0.1, 0.15) is 5.56 Å². The second-order valence-corrected chi connectivity index (χ2v) is 4.20. The van der Waals surface area contributed by atoms with Crippen molar-refractivity contribution in [2.75, 3.05) is 13.2 Å². The summed E-state index contributed by atoms with van der Waals surface area (Å²) in [7, 11) is 0. The average molecular weight is 269 g/mol. The lowest BCUT2D eigenvalue weighted by Gasteiger charge is -2.24. The highest BCUT2D eigenvalue weighted by Crippen LogP contribution is 2.05. The first-order chi connectivity index (χ1) is 9.06. The van der Waals surface area contributed by atoms with Crippen LogP contribution in [0.25, 0.3) is 0 Å². The summed E-state index contributed by atoms with van der Waals surface area (Å²) in [6, 6.07) is 9.21. The van der Waals surface area contributed by atoms with Crippen molar-refractivity contribution in [2.24, 2.45) is 4.99 Å². The molecule has 106 valence electrons. The second-order valence-electron chi connectivity index (χ2n) is 4.20. The molecule has 4 unspecified atom stereocenters. The third-order valence-electron chi connectivity index (χ3n) is 2.66. The number of benzene rings is 1. The van der Waals surface area contributed by atoms with E-state index < -0.39 is 31.0 Å². The van der Waals surface area contributed by atoms with E-state index in [1.165, 1.54) is 6.21 Å². The van der Waals surface area contributed by atoms with E-state index in [4.69, 9.17) is 10.2 Å². The number of hydrogen-bond donors (Lipinski definition) is 5. The normalized spacial score (nSPS) is 18.2. The van der Waals surface area contributed by atoms with Gasteiger partial charge in [-0.3, -0.25) is 4.99 Å². The van der Waals surface area contributed by atoms with Gasteiger partial charge >= 0.3 is 0 Å². The number of hydrogen-bond acceptors (Lipinski definition) is 6. The number of nitrogens with zero attached hydrogens (tertiary/aromatic N) is 1. The zero-order chi connectivity index (χ0) is 14.3. The molecule has 0 fully saturated rings. The fraction of sp³-hybridized carbons (Fsp3) is 0.462. The standard InChI is InChI=1S/C13H19NO5/c15-8-11(17)13(19)12(18)10(16)7-14-6-9-4-2-1-3-5-9/h1-6,10-13,15-19H,7-8H2. The average Bonchev–Trinajstić information content (AvgIpc) is 2.45. The first kappa shape index (κ1) is 15.7. The highest BCUT2D eigenvalue weighted by atomic mass is 16.4. The molecule has 0 saturated carbocycles. The van der Waals surface area contributed by atoms with Crippen molar-refractivity contribution in [1.29, 1.82) is 0 Å². The maximum absolute atomic E-state index is 9.59. The highest BCUT2D eigenvalue weighted by molar-refractivity contribution is 5.79. The van der Waals surface area contributed by atoms with Crippen LogP contribution in [-0.2, 0) is 0 Å². The Morgan fingerprint density at radius 3 is 2.11 bits per heavy atom. The van der Waals surface area contributed by atoms with Crippen LogP contribution in [0.5, 0.6) is 0 Å². The summed E-state index contributed by atoms with van der Waals surface area (Å²) in [4.78, 5) is 3.94. The van der Waals surface area contributed by atoms with Crippen LogP contribution in [0.4, 0.5) is 0 Å². The molecule has 0 amide bonds. The van der Waals surface area contributed by atoms with Gasteiger partial charge < -0.3 is 25.5 Å². The molecule has 0 aliphatic heterocycles. The van der Waals surface area contributed by atoms with Crippen molar-refractivity contribution in [3.63, 3.8) is 0 Å². The molecule has 6 nitrogen and oxygen atoms in total. The molecule has 6 heteroatoms. The zero-order valence-electron chi connectivity index (χ0n) is 10.4. The number of rotatable bonds is 7. The molecule has 4 atom stereocenters. The monoisotopic (exact) mass is 269 g/mol. The second kappa shape index (κ2) is 7.98. The van der Waals surface area contributed by atoms with Crippen LogP contribution in [0, 0.1) is 0 Å². The summed E-state index contributed by atoms with van der Waals surface area (Å²) in [6.45, 7) is -0.816. The number of aliphatic hydroxyl groups excluding tert-OH is 5. The molecule has 5 N–H and O–H groups in total. The minimum atomic E-state index is -1.62. The molecule has 0 aromatic heterocycles. The van der Waals surface area contributed by atoms with E-state index in [9.17, 15) is 15.3 Å². The summed E-state index contributed by atoms with van der Waals surface area (Å²) >= 11 is 0. The zero-order valence-corrected chi connectivity index (χ0v) is 10.4. The first-order valence-electron chi connectivity index (χ1n) is 5.94. The molecular formula is C13H19NO5. The minimum Gasteiger partial charge on any atom is -0.394 e. The largest absolute Gasteiger partial charge is 0.394 e. The van der Waals surface area contributed by atoms with Gasteiger partial charge in [-0.05, 0) is 5.56 Å². The van der Waals surface area contributed by atoms with E-state index in [2.05, 4.69) is 4.99 Å². The lowest BCUT2D eigenvalue weighted by atomic mass is 10.0.